The Labute approximate surface area is 179 Å². The van der Waals surface area contributed by atoms with Gasteiger partial charge < -0.3 is 14.8 Å². The molecule has 1 saturated carbocycles. The highest BCUT2D eigenvalue weighted by molar-refractivity contribution is 9.10. The molecule has 1 fully saturated rings. The lowest BCUT2D eigenvalue weighted by Gasteiger charge is -2.18. The SMILES string of the molecule is COc1ccc(S(=O)(=O)NCCC(=O)NC2(c3ccc(Br)cc3)CC2)cc1OC. The molecular formula is C20H23BrN2O5S. The Kier molecular flexibility index (Phi) is 6.50. The third kappa shape index (κ3) is 5.09. The van der Waals surface area contributed by atoms with Crippen LogP contribution in [0.5, 0.6) is 11.5 Å². The van der Waals surface area contributed by atoms with E-state index in [-0.39, 0.29) is 29.3 Å². The highest BCUT2D eigenvalue weighted by Crippen LogP contribution is 2.45. The smallest absolute Gasteiger partial charge is 0.240 e. The number of amides is 1. The van der Waals surface area contributed by atoms with Crippen molar-refractivity contribution < 1.29 is 22.7 Å². The highest BCUT2D eigenvalue weighted by Gasteiger charge is 2.45. The number of sulfonamides is 1. The van der Waals surface area contributed by atoms with Gasteiger partial charge in [0.2, 0.25) is 15.9 Å². The molecule has 2 aromatic rings. The van der Waals surface area contributed by atoms with E-state index < -0.39 is 10.0 Å². The van der Waals surface area contributed by atoms with Crippen LogP contribution >= 0.6 is 15.9 Å². The second-order valence-electron chi connectivity index (χ2n) is 6.80. The second kappa shape index (κ2) is 8.73. The molecule has 3 rings (SSSR count). The average molecular weight is 483 g/mol. The molecule has 156 valence electrons. The zero-order valence-electron chi connectivity index (χ0n) is 16.2. The highest BCUT2D eigenvalue weighted by atomic mass is 79.9. The lowest BCUT2D eigenvalue weighted by atomic mass is 10.0. The summed E-state index contributed by atoms with van der Waals surface area (Å²) in [5, 5.41) is 3.04. The molecule has 0 unspecified atom stereocenters. The summed E-state index contributed by atoms with van der Waals surface area (Å²) in [4.78, 5) is 12.4. The van der Waals surface area contributed by atoms with Crippen molar-refractivity contribution in [1.82, 2.24) is 10.0 Å². The summed E-state index contributed by atoms with van der Waals surface area (Å²) < 4.78 is 38.7. The molecule has 0 atom stereocenters. The van der Waals surface area contributed by atoms with Gasteiger partial charge in [0, 0.05) is 23.5 Å². The van der Waals surface area contributed by atoms with Crippen molar-refractivity contribution in [1.29, 1.82) is 0 Å². The van der Waals surface area contributed by atoms with Crippen LogP contribution < -0.4 is 19.5 Å². The number of hydrogen-bond acceptors (Lipinski definition) is 5. The van der Waals surface area contributed by atoms with Crippen molar-refractivity contribution >= 4 is 31.9 Å². The molecule has 0 heterocycles. The van der Waals surface area contributed by atoms with E-state index in [0.29, 0.717) is 11.5 Å². The van der Waals surface area contributed by atoms with Crippen LogP contribution in [0.2, 0.25) is 0 Å². The summed E-state index contributed by atoms with van der Waals surface area (Å²) in [6.45, 7) is -0.00106. The van der Waals surface area contributed by atoms with Gasteiger partial charge in [-0.05, 0) is 42.7 Å². The number of ether oxygens (including phenoxy) is 2. The minimum atomic E-state index is -3.77. The molecule has 1 amide bonds. The number of methoxy groups -OCH3 is 2. The van der Waals surface area contributed by atoms with Gasteiger partial charge in [-0.15, -0.1) is 0 Å². The van der Waals surface area contributed by atoms with E-state index in [0.717, 1.165) is 22.9 Å². The summed E-state index contributed by atoms with van der Waals surface area (Å²) >= 11 is 3.41. The number of halogens is 1. The Bertz CT molecular complexity index is 988. The van der Waals surface area contributed by atoms with E-state index >= 15 is 0 Å². The van der Waals surface area contributed by atoms with Crippen LogP contribution in [0.25, 0.3) is 0 Å². The molecule has 0 saturated heterocycles. The summed E-state index contributed by atoms with van der Waals surface area (Å²) in [6.07, 6.45) is 1.79. The normalized spacial score (nSPS) is 14.9. The summed E-state index contributed by atoms with van der Waals surface area (Å²) in [5.74, 6) is 0.562. The Morgan fingerprint density at radius 3 is 2.31 bits per heavy atom. The molecule has 7 nitrogen and oxygen atoms in total. The summed E-state index contributed by atoms with van der Waals surface area (Å²) in [5.41, 5.74) is 0.722. The first-order valence-electron chi connectivity index (χ1n) is 9.08. The lowest BCUT2D eigenvalue weighted by Crippen LogP contribution is -2.37. The van der Waals surface area contributed by atoms with Crippen LogP contribution in [0.4, 0.5) is 0 Å². The number of nitrogens with one attached hydrogen (secondary N) is 2. The molecule has 2 aromatic carbocycles. The fourth-order valence-electron chi connectivity index (χ4n) is 3.08. The molecule has 29 heavy (non-hydrogen) atoms. The van der Waals surface area contributed by atoms with Gasteiger partial charge >= 0.3 is 0 Å². The van der Waals surface area contributed by atoms with Gasteiger partial charge in [0.25, 0.3) is 0 Å². The zero-order valence-corrected chi connectivity index (χ0v) is 18.6. The van der Waals surface area contributed by atoms with E-state index in [2.05, 4.69) is 26.0 Å². The average Bonchev–Trinajstić information content (AvgIpc) is 3.48. The maximum Gasteiger partial charge on any atom is 0.240 e. The quantitative estimate of drug-likeness (QED) is 0.572. The van der Waals surface area contributed by atoms with Gasteiger partial charge in [0.1, 0.15) is 0 Å². The van der Waals surface area contributed by atoms with Crippen molar-refractivity contribution in [3.05, 3.63) is 52.5 Å². The summed E-state index contributed by atoms with van der Waals surface area (Å²) in [6, 6.07) is 12.2. The second-order valence-corrected chi connectivity index (χ2v) is 9.48. The van der Waals surface area contributed by atoms with Crippen LogP contribution in [-0.4, -0.2) is 35.1 Å². The van der Waals surface area contributed by atoms with Crippen molar-refractivity contribution in [2.75, 3.05) is 20.8 Å². The maximum absolute atomic E-state index is 12.5. The molecule has 9 heteroatoms. The number of rotatable bonds is 9. The minimum absolute atomic E-state index is 0.00106. The first kappa shape index (κ1) is 21.6. The van der Waals surface area contributed by atoms with Gasteiger partial charge in [0.15, 0.2) is 11.5 Å². The third-order valence-electron chi connectivity index (χ3n) is 4.83. The largest absolute Gasteiger partial charge is 0.493 e. The monoisotopic (exact) mass is 482 g/mol. The van der Waals surface area contributed by atoms with Gasteiger partial charge in [-0.2, -0.15) is 0 Å². The van der Waals surface area contributed by atoms with Crippen LogP contribution in [0, 0.1) is 0 Å². The number of hydrogen-bond donors (Lipinski definition) is 2. The Morgan fingerprint density at radius 2 is 1.72 bits per heavy atom. The van der Waals surface area contributed by atoms with Crippen molar-refractivity contribution in [3.8, 4) is 11.5 Å². The molecule has 1 aliphatic carbocycles. The fourth-order valence-corrected chi connectivity index (χ4v) is 4.39. The van der Waals surface area contributed by atoms with Crippen LogP contribution in [0.1, 0.15) is 24.8 Å². The fraction of sp³-hybridized carbons (Fsp3) is 0.350. The third-order valence-corrected chi connectivity index (χ3v) is 6.82. The predicted molar refractivity (Wildman–Crippen MR) is 113 cm³/mol. The topological polar surface area (TPSA) is 93.7 Å². The van der Waals surface area contributed by atoms with Crippen molar-refractivity contribution in [3.63, 3.8) is 0 Å². The van der Waals surface area contributed by atoms with Gasteiger partial charge in [-0.3, -0.25) is 4.79 Å². The molecule has 0 aliphatic heterocycles. The number of benzene rings is 2. The van der Waals surface area contributed by atoms with Crippen LogP contribution in [0.15, 0.2) is 51.8 Å². The van der Waals surface area contributed by atoms with E-state index in [1.165, 1.54) is 32.4 Å². The zero-order chi connectivity index (χ0) is 21.1. The first-order valence-corrected chi connectivity index (χ1v) is 11.4. The van der Waals surface area contributed by atoms with E-state index in [1.54, 1.807) is 0 Å². The number of carbonyl (C=O) groups is 1. The molecule has 0 bridgehead atoms. The van der Waals surface area contributed by atoms with E-state index in [4.69, 9.17) is 9.47 Å². The molecule has 0 aromatic heterocycles. The Morgan fingerprint density at radius 1 is 1.07 bits per heavy atom. The lowest BCUT2D eigenvalue weighted by molar-refractivity contribution is -0.122. The van der Waals surface area contributed by atoms with Crippen LogP contribution in [-0.2, 0) is 20.4 Å². The molecule has 1 aliphatic rings. The van der Waals surface area contributed by atoms with Crippen LogP contribution in [0.3, 0.4) is 0 Å². The Hall–Kier alpha value is -2.10. The van der Waals surface area contributed by atoms with E-state index in [1.807, 2.05) is 24.3 Å². The minimum Gasteiger partial charge on any atom is -0.493 e. The van der Waals surface area contributed by atoms with E-state index in [9.17, 15) is 13.2 Å². The van der Waals surface area contributed by atoms with Crippen molar-refractivity contribution in [2.24, 2.45) is 0 Å². The van der Waals surface area contributed by atoms with Gasteiger partial charge in [-0.1, -0.05) is 28.1 Å². The van der Waals surface area contributed by atoms with Gasteiger partial charge in [-0.25, -0.2) is 13.1 Å². The number of carbonyl (C=O) groups excluding carboxylic acids is 1. The standard InChI is InChI=1S/C20H23BrN2O5S/c1-27-17-8-7-16(13-18(17)28-2)29(25,26)22-12-9-19(24)23-20(10-11-20)14-3-5-15(21)6-4-14/h3-8,13,22H,9-12H2,1-2H3,(H,23,24). The Balaban J connectivity index is 1.56. The predicted octanol–water partition coefficient (Wildman–Crippen LogP) is 2.94. The molecule has 2 N–H and O–H groups in total. The molecule has 0 radical (unpaired) electrons. The molecular weight excluding hydrogens is 460 g/mol. The molecule has 0 spiro atoms. The van der Waals surface area contributed by atoms with Crippen molar-refractivity contribution in [2.45, 2.75) is 29.7 Å². The maximum atomic E-state index is 12.5. The first-order chi connectivity index (χ1) is 13.8. The summed E-state index contributed by atoms with van der Waals surface area (Å²) in [7, 11) is -0.858. The van der Waals surface area contributed by atoms with Gasteiger partial charge in [0.05, 0.1) is 24.7 Å².